The number of amides is 1. The molecule has 1 atom stereocenters. The molecule has 4 heterocycles. The van der Waals surface area contributed by atoms with Crippen LogP contribution in [0.1, 0.15) is 25.5 Å². The standard InChI is InChI=1S/C18H26N6O/c1-14-13-16-17(19-5-8-24(16)20-14)22-11-9-21(10-12-22)15(2)18(25)23-6-3-4-7-23/h5,8,13,15H,3-4,6-7,9-12H2,1-2H3. The molecule has 2 saturated heterocycles. The van der Waals surface area contributed by atoms with Crippen LogP contribution in [0.25, 0.3) is 5.52 Å². The summed E-state index contributed by atoms with van der Waals surface area (Å²) in [5, 5.41) is 4.47. The number of anilines is 1. The Labute approximate surface area is 148 Å². The molecule has 0 saturated carbocycles. The van der Waals surface area contributed by atoms with Crippen LogP contribution >= 0.6 is 0 Å². The van der Waals surface area contributed by atoms with Gasteiger partial charge in [-0.2, -0.15) is 5.10 Å². The molecule has 2 aliphatic heterocycles. The summed E-state index contributed by atoms with van der Waals surface area (Å²) in [5.41, 5.74) is 2.05. The quantitative estimate of drug-likeness (QED) is 0.838. The molecule has 0 N–H and O–H groups in total. The summed E-state index contributed by atoms with van der Waals surface area (Å²) in [4.78, 5) is 23.8. The summed E-state index contributed by atoms with van der Waals surface area (Å²) in [6, 6.07) is 2.05. The van der Waals surface area contributed by atoms with E-state index in [1.807, 2.05) is 22.5 Å². The minimum absolute atomic E-state index is 0.0267. The van der Waals surface area contributed by atoms with Crippen molar-refractivity contribution in [3.8, 4) is 0 Å². The first kappa shape index (κ1) is 16.3. The molecule has 7 heteroatoms. The molecule has 1 unspecified atom stereocenters. The first-order chi connectivity index (χ1) is 12.1. The maximum atomic E-state index is 12.6. The lowest BCUT2D eigenvalue weighted by Gasteiger charge is -2.39. The normalized spacial score (nSPS) is 20.4. The van der Waals surface area contributed by atoms with Crippen LogP contribution in [0.2, 0.25) is 0 Å². The molecule has 1 amide bonds. The van der Waals surface area contributed by atoms with Crippen molar-refractivity contribution in [1.29, 1.82) is 0 Å². The van der Waals surface area contributed by atoms with E-state index in [9.17, 15) is 4.79 Å². The van der Waals surface area contributed by atoms with Gasteiger partial charge >= 0.3 is 0 Å². The molecule has 2 aliphatic rings. The lowest BCUT2D eigenvalue weighted by Crippen LogP contribution is -2.54. The number of carbonyl (C=O) groups is 1. The fourth-order valence-corrected chi connectivity index (χ4v) is 3.95. The van der Waals surface area contributed by atoms with Crippen LogP contribution in [0, 0.1) is 6.92 Å². The number of aryl methyl sites for hydroxylation is 1. The van der Waals surface area contributed by atoms with Crippen LogP contribution in [0.4, 0.5) is 5.82 Å². The van der Waals surface area contributed by atoms with Gasteiger partial charge in [0.25, 0.3) is 0 Å². The molecule has 2 aromatic heterocycles. The summed E-state index contributed by atoms with van der Waals surface area (Å²) >= 11 is 0. The van der Waals surface area contributed by atoms with Gasteiger partial charge in [-0.1, -0.05) is 0 Å². The molecule has 7 nitrogen and oxygen atoms in total. The predicted molar refractivity (Wildman–Crippen MR) is 96.8 cm³/mol. The number of carbonyl (C=O) groups excluding carboxylic acids is 1. The first-order valence-electron chi connectivity index (χ1n) is 9.22. The van der Waals surface area contributed by atoms with Gasteiger partial charge in [-0.25, -0.2) is 9.50 Å². The third-order valence-corrected chi connectivity index (χ3v) is 5.43. The summed E-state index contributed by atoms with van der Waals surface area (Å²) in [6.07, 6.45) is 5.99. The Kier molecular flexibility index (Phi) is 4.33. The highest BCUT2D eigenvalue weighted by molar-refractivity contribution is 5.81. The van der Waals surface area contributed by atoms with Crippen LogP contribution in [0.5, 0.6) is 0 Å². The highest BCUT2D eigenvalue weighted by Gasteiger charge is 2.30. The minimum atomic E-state index is -0.0267. The average molecular weight is 342 g/mol. The van der Waals surface area contributed by atoms with Crippen molar-refractivity contribution >= 4 is 17.2 Å². The van der Waals surface area contributed by atoms with Crippen LogP contribution in [0.15, 0.2) is 18.5 Å². The van der Waals surface area contributed by atoms with E-state index in [1.165, 1.54) is 0 Å². The minimum Gasteiger partial charge on any atom is -0.352 e. The molecular weight excluding hydrogens is 316 g/mol. The molecule has 25 heavy (non-hydrogen) atoms. The maximum Gasteiger partial charge on any atom is 0.239 e. The first-order valence-corrected chi connectivity index (χ1v) is 9.22. The van der Waals surface area contributed by atoms with Crippen LogP contribution in [0.3, 0.4) is 0 Å². The smallest absolute Gasteiger partial charge is 0.239 e. The molecule has 0 spiro atoms. The second-order valence-electron chi connectivity index (χ2n) is 7.10. The summed E-state index contributed by atoms with van der Waals surface area (Å²) in [5.74, 6) is 1.28. The van der Waals surface area contributed by atoms with Gasteiger partial charge in [0.1, 0.15) is 5.52 Å². The number of aromatic nitrogens is 3. The number of likely N-dealkylation sites (tertiary alicyclic amines) is 1. The zero-order valence-corrected chi connectivity index (χ0v) is 15.1. The van der Waals surface area contributed by atoms with Gasteiger partial charge in [0.2, 0.25) is 5.91 Å². The Hall–Kier alpha value is -2.15. The van der Waals surface area contributed by atoms with Gasteiger partial charge in [-0.05, 0) is 32.8 Å². The number of fused-ring (bicyclic) bond motifs is 1. The average Bonchev–Trinajstić information content (AvgIpc) is 3.29. The molecule has 134 valence electrons. The highest BCUT2D eigenvalue weighted by Crippen LogP contribution is 2.22. The number of hydrogen-bond donors (Lipinski definition) is 0. The summed E-state index contributed by atoms with van der Waals surface area (Å²) in [7, 11) is 0. The number of rotatable bonds is 3. The van der Waals surface area contributed by atoms with Gasteiger partial charge < -0.3 is 9.80 Å². The van der Waals surface area contributed by atoms with E-state index >= 15 is 0 Å². The molecule has 0 aromatic carbocycles. The lowest BCUT2D eigenvalue weighted by molar-refractivity contribution is -0.135. The Bertz CT molecular complexity index is 758. The van der Waals surface area contributed by atoms with Crippen LogP contribution < -0.4 is 4.90 Å². The van der Waals surface area contributed by atoms with Crippen molar-refractivity contribution in [3.05, 3.63) is 24.2 Å². The van der Waals surface area contributed by atoms with Gasteiger partial charge in [0.05, 0.1) is 11.7 Å². The van der Waals surface area contributed by atoms with E-state index in [2.05, 4.69) is 32.9 Å². The molecule has 0 aliphatic carbocycles. The Morgan fingerprint density at radius 3 is 2.56 bits per heavy atom. The number of nitrogens with zero attached hydrogens (tertiary/aromatic N) is 6. The lowest BCUT2D eigenvalue weighted by atomic mass is 10.2. The Morgan fingerprint density at radius 2 is 1.84 bits per heavy atom. The predicted octanol–water partition coefficient (Wildman–Crippen LogP) is 1.17. The van der Waals surface area contributed by atoms with Gasteiger partial charge in [0.15, 0.2) is 5.82 Å². The van der Waals surface area contributed by atoms with Crippen LogP contribution in [-0.2, 0) is 4.79 Å². The molecule has 2 aromatic rings. The van der Waals surface area contributed by atoms with Gasteiger partial charge in [-0.3, -0.25) is 9.69 Å². The fourth-order valence-electron chi connectivity index (χ4n) is 3.95. The monoisotopic (exact) mass is 342 g/mol. The van der Waals surface area contributed by atoms with Crippen molar-refractivity contribution in [3.63, 3.8) is 0 Å². The molecule has 4 rings (SSSR count). The van der Waals surface area contributed by atoms with E-state index in [1.54, 1.807) is 6.20 Å². The largest absolute Gasteiger partial charge is 0.352 e. The Balaban J connectivity index is 1.43. The van der Waals surface area contributed by atoms with Crippen molar-refractivity contribution in [1.82, 2.24) is 24.4 Å². The number of hydrogen-bond acceptors (Lipinski definition) is 5. The van der Waals surface area contributed by atoms with Crippen molar-refractivity contribution < 1.29 is 4.79 Å². The van der Waals surface area contributed by atoms with Crippen molar-refractivity contribution in [2.75, 3.05) is 44.2 Å². The second-order valence-corrected chi connectivity index (χ2v) is 7.10. The summed E-state index contributed by atoms with van der Waals surface area (Å²) < 4.78 is 1.89. The molecule has 0 bridgehead atoms. The maximum absolute atomic E-state index is 12.6. The molecular formula is C18H26N6O. The van der Waals surface area contributed by atoms with E-state index < -0.39 is 0 Å². The Morgan fingerprint density at radius 1 is 1.12 bits per heavy atom. The topological polar surface area (TPSA) is 57.0 Å². The third kappa shape index (κ3) is 3.08. The third-order valence-electron chi connectivity index (χ3n) is 5.43. The SMILES string of the molecule is Cc1cc2c(N3CCN(C(C)C(=O)N4CCCC4)CC3)nccn2n1. The van der Waals surface area contributed by atoms with E-state index in [4.69, 9.17) is 0 Å². The zero-order valence-electron chi connectivity index (χ0n) is 15.1. The van der Waals surface area contributed by atoms with Crippen LogP contribution in [-0.4, -0.2) is 75.6 Å². The van der Waals surface area contributed by atoms with Gasteiger partial charge in [-0.15, -0.1) is 0 Å². The number of piperazine rings is 1. The van der Waals surface area contributed by atoms with Crippen molar-refractivity contribution in [2.45, 2.75) is 32.7 Å². The van der Waals surface area contributed by atoms with Gasteiger partial charge in [0, 0.05) is 51.7 Å². The molecule has 2 fully saturated rings. The van der Waals surface area contributed by atoms with E-state index in [0.717, 1.165) is 69.1 Å². The van der Waals surface area contributed by atoms with E-state index in [-0.39, 0.29) is 11.9 Å². The second kappa shape index (κ2) is 6.63. The fraction of sp³-hybridized carbons (Fsp3) is 0.611. The zero-order chi connectivity index (χ0) is 17.4. The molecule has 0 radical (unpaired) electrons. The van der Waals surface area contributed by atoms with Crippen molar-refractivity contribution in [2.24, 2.45) is 0 Å². The van der Waals surface area contributed by atoms with E-state index in [0.29, 0.717) is 0 Å². The highest BCUT2D eigenvalue weighted by atomic mass is 16.2. The summed E-state index contributed by atoms with van der Waals surface area (Å²) in [6.45, 7) is 9.44.